The summed E-state index contributed by atoms with van der Waals surface area (Å²) in [6.45, 7) is 0.280. The van der Waals surface area contributed by atoms with Gasteiger partial charge in [-0.3, -0.25) is 14.4 Å². The van der Waals surface area contributed by atoms with Crippen LogP contribution in [0.15, 0.2) is 48.5 Å². The smallest absolute Gasteiger partial charge is 0.326 e. The van der Waals surface area contributed by atoms with E-state index in [2.05, 4.69) is 5.32 Å². The normalized spacial score (nSPS) is 17.7. The molecule has 3 aromatic rings. The summed E-state index contributed by atoms with van der Waals surface area (Å²) in [5.74, 6) is -13.9. The van der Waals surface area contributed by atoms with Crippen LogP contribution in [0, 0.1) is 23.4 Å². The van der Waals surface area contributed by atoms with E-state index in [4.69, 9.17) is 34.8 Å². The summed E-state index contributed by atoms with van der Waals surface area (Å²) in [5, 5.41) is 2.28. The molecule has 2 atom stereocenters. The fourth-order valence-electron chi connectivity index (χ4n) is 4.59. The molecular formula is C29H18Cl3F8NO3. The molecule has 1 amide bonds. The molecule has 4 rings (SSSR count). The maximum Gasteiger partial charge on any atom is 0.419 e. The Morgan fingerprint density at radius 1 is 0.886 bits per heavy atom. The fraction of sp³-hybridized carbons (Fsp3) is 0.276. The Morgan fingerprint density at radius 3 is 2.14 bits per heavy atom. The molecule has 0 saturated heterocycles. The van der Waals surface area contributed by atoms with Gasteiger partial charge in [-0.2, -0.15) is 22.0 Å². The van der Waals surface area contributed by atoms with E-state index in [-0.39, 0.29) is 28.8 Å². The lowest BCUT2D eigenvalue weighted by Crippen LogP contribution is -2.27. The van der Waals surface area contributed by atoms with Crippen LogP contribution in [0.25, 0.3) is 0 Å². The Balaban J connectivity index is 1.53. The zero-order valence-corrected chi connectivity index (χ0v) is 24.3. The first-order valence-corrected chi connectivity index (χ1v) is 13.6. The lowest BCUT2D eigenvalue weighted by atomic mass is 9.97. The SMILES string of the molecule is CC(F)(F)C(=O)Cc1c(F)ccc(CC(=O)c2cc(NC(=O)[C@H]3[C@H](c4ccc(F)c(C(F)(F)F)c4)C3(Cl)Cl)ccc2Cl)c1F. The number of halogens is 11. The standard InChI is InChI=1S/C29H18Cl3F8NO3/c1-27(36,37)22(43)11-16-19(33)6-3-13(25(16)35)9-21(42)15-10-14(4-5-18(15)30)41-26(44)24-23(28(24,31)32)12-2-7-20(34)17(8-12)29(38,39)40/h2-8,10,23-24H,9,11H2,1H3,(H,41,44)/t23-,24+/m0/s1. The molecule has 0 radical (unpaired) electrons. The average molecular weight is 687 g/mol. The van der Waals surface area contributed by atoms with Crippen LogP contribution < -0.4 is 5.32 Å². The van der Waals surface area contributed by atoms with E-state index in [0.29, 0.717) is 12.1 Å². The van der Waals surface area contributed by atoms with Gasteiger partial charge in [0.25, 0.3) is 0 Å². The number of rotatable bonds is 9. The van der Waals surface area contributed by atoms with Crippen molar-refractivity contribution in [2.75, 3.05) is 5.32 Å². The van der Waals surface area contributed by atoms with Gasteiger partial charge < -0.3 is 5.32 Å². The molecule has 1 aliphatic rings. The van der Waals surface area contributed by atoms with Crippen LogP contribution >= 0.6 is 34.8 Å². The lowest BCUT2D eigenvalue weighted by Gasteiger charge is -2.13. The maximum absolute atomic E-state index is 15.0. The van der Waals surface area contributed by atoms with Crippen molar-refractivity contribution in [2.24, 2.45) is 5.92 Å². The minimum atomic E-state index is -5.01. The van der Waals surface area contributed by atoms with Crippen molar-refractivity contribution in [3.05, 3.63) is 98.8 Å². The van der Waals surface area contributed by atoms with Crippen LogP contribution in [0.2, 0.25) is 5.02 Å². The van der Waals surface area contributed by atoms with Crippen LogP contribution in [0.1, 0.15) is 45.5 Å². The molecule has 1 aliphatic carbocycles. The zero-order valence-electron chi connectivity index (χ0n) is 22.1. The van der Waals surface area contributed by atoms with Crippen LogP contribution in [0.4, 0.5) is 40.8 Å². The second kappa shape index (κ2) is 11.9. The number of carbonyl (C=O) groups excluding carboxylic acids is 3. The number of carbonyl (C=O) groups is 3. The largest absolute Gasteiger partial charge is 0.419 e. The van der Waals surface area contributed by atoms with Crippen molar-refractivity contribution in [1.82, 2.24) is 0 Å². The Labute approximate surface area is 259 Å². The first-order valence-electron chi connectivity index (χ1n) is 12.5. The number of alkyl halides is 7. The van der Waals surface area contributed by atoms with E-state index >= 15 is 0 Å². The Bertz CT molecular complexity index is 1670. The third kappa shape index (κ3) is 6.87. The number of nitrogens with one attached hydrogen (secondary N) is 1. The van der Waals surface area contributed by atoms with Crippen molar-refractivity contribution in [1.29, 1.82) is 0 Å². The molecule has 0 aliphatic heterocycles. The molecule has 44 heavy (non-hydrogen) atoms. The highest BCUT2D eigenvalue weighted by Gasteiger charge is 2.67. The van der Waals surface area contributed by atoms with Crippen LogP contribution in [-0.2, 0) is 28.6 Å². The molecule has 0 spiro atoms. The van der Waals surface area contributed by atoms with Gasteiger partial charge >= 0.3 is 12.1 Å². The van der Waals surface area contributed by atoms with Crippen molar-refractivity contribution >= 4 is 58.0 Å². The lowest BCUT2D eigenvalue weighted by molar-refractivity contribution is -0.140. The molecule has 0 heterocycles. The highest BCUT2D eigenvalue weighted by atomic mass is 35.5. The number of anilines is 1. The van der Waals surface area contributed by atoms with Crippen molar-refractivity contribution in [3.63, 3.8) is 0 Å². The van der Waals surface area contributed by atoms with E-state index in [1.165, 1.54) is 12.1 Å². The highest BCUT2D eigenvalue weighted by molar-refractivity contribution is 6.53. The quantitative estimate of drug-likeness (QED) is 0.140. The van der Waals surface area contributed by atoms with E-state index < -0.39 is 92.7 Å². The predicted molar refractivity (Wildman–Crippen MR) is 146 cm³/mol. The molecule has 3 aromatic carbocycles. The van der Waals surface area contributed by atoms with Crippen molar-refractivity contribution < 1.29 is 49.5 Å². The molecule has 15 heteroatoms. The van der Waals surface area contributed by atoms with Gasteiger partial charge in [-0.25, -0.2) is 13.2 Å². The van der Waals surface area contributed by atoms with Gasteiger partial charge in [0.15, 0.2) is 5.78 Å². The van der Waals surface area contributed by atoms with Gasteiger partial charge in [-0.05, 0) is 47.5 Å². The number of hydrogen-bond donors (Lipinski definition) is 1. The monoisotopic (exact) mass is 685 g/mol. The average Bonchev–Trinajstić information content (AvgIpc) is 3.49. The summed E-state index contributed by atoms with van der Waals surface area (Å²) in [5.41, 5.74) is -3.34. The van der Waals surface area contributed by atoms with Crippen LogP contribution in [0.3, 0.4) is 0 Å². The van der Waals surface area contributed by atoms with E-state index in [1.54, 1.807) is 0 Å². The molecule has 1 saturated carbocycles. The highest BCUT2D eigenvalue weighted by Crippen LogP contribution is 2.65. The van der Waals surface area contributed by atoms with Gasteiger partial charge in [-0.1, -0.05) is 23.7 Å². The Morgan fingerprint density at radius 2 is 1.52 bits per heavy atom. The number of Topliss-reactive ketones (excluding diaryl/α,β-unsaturated/α-hetero) is 2. The summed E-state index contributed by atoms with van der Waals surface area (Å²) in [4.78, 5) is 37.7. The molecule has 0 unspecified atom stereocenters. The van der Waals surface area contributed by atoms with Gasteiger partial charge in [0, 0.05) is 42.5 Å². The molecular weight excluding hydrogens is 669 g/mol. The predicted octanol–water partition coefficient (Wildman–Crippen LogP) is 8.49. The van der Waals surface area contributed by atoms with Gasteiger partial charge in [0.2, 0.25) is 11.7 Å². The number of hydrogen-bond acceptors (Lipinski definition) is 3. The fourth-order valence-corrected chi connectivity index (χ4v) is 5.64. The molecule has 234 valence electrons. The molecule has 0 aromatic heterocycles. The van der Waals surface area contributed by atoms with E-state index in [9.17, 15) is 49.5 Å². The summed E-state index contributed by atoms with van der Waals surface area (Å²) in [7, 11) is 0. The maximum atomic E-state index is 15.0. The first-order chi connectivity index (χ1) is 20.2. The number of benzene rings is 3. The third-order valence-corrected chi connectivity index (χ3v) is 8.24. The summed E-state index contributed by atoms with van der Waals surface area (Å²) < 4.78 is 107. The van der Waals surface area contributed by atoms with Crippen LogP contribution in [-0.4, -0.2) is 27.7 Å². The Kier molecular flexibility index (Phi) is 9.14. The second-order valence-electron chi connectivity index (χ2n) is 10.1. The minimum absolute atomic E-state index is 0.0383. The Hall–Kier alpha value is -3.22. The summed E-state index contributed by atoms with van der Waals surface area (Å²) >= 11 is 18.5. The van der Waals surface area contributed by atoms with Crippen LogP contribution in [0.5, 0.6) is 0 Å². The van der Waals surface area contributed by atoms with E-state index in [1.807, 2.05) is 0 Å². The summed E-state index contributed by atoms with van der Waals surface area (Å²) in [6, 6.07) is 7.30. The number of amides is 1. The number of ketones is 2. The van der Waals surface area contributed by atoms with Crippen molar-refractivity contribution in [3.8, 4) is 0 Å². The second-order valence-corrected chi connectivity index (χ2v) is 12.0. The molecule has 1 N–H and O–H groups in total. The zero-order chi connectivity index (χ0) is 32.9. The van der Waals surface area contributed by atoms with Gasteiger partial charge in [0.05, 0.1) is 16.5 Å². The topological polar surface area (TPSA) is 63.2 Å². The third-order valence-electron chi connectivity index (χ3n) is 6.97. The molecule has 4 nitrogen and oxygen atoms in total. The summed E-state index contributed by atoms with van der Waals surface area (Å²) in [6.07, 6.45) is -7.01. The van der Waals surface area contributed by atoms with Gasteiger partial charge in [0.1, 0.15) is 21.8 Å². The van der Waals surface area contributed by atoms with Crippen molar-refractivity contribution in [2.45, 2.75) is 42.1 Å². The molecule has 0 bridgehead atoms. The van der Waals surface area contributed by atoms with Gasteiger partial charge in [-0.15, -0.1) is 23.2 Å². The minimum Gasteiger partial charge on any atom is -0.326 e. The van der Waals surface area contributed by atoms with E-state index in [0.717, 1.165) is 24.3 Å². The first kappa shape index (κ1) is 33.7. The molecule has 1 fully saturated rings.